The number of fused-ring (bicyclic) bond motifs is 1. The van der Waals surface area contributed by atoms with Crippen LogP contribution in [0.4, 0.5) is 5.69 Å². The van der Waals surface area contributed by atoms with Crippen LogP contribution in [0.1, 0.15) is 17.4 Å². The quantitative estimate of drug-likeness (QED) is 0.898. The highest BCUT2D eigenvalue weighted by Crippen LogP contribution is 2.29. The van der Waals surface area contributed by atoms with Crippen molar-refractivity contribution in [2.24, 2.45) is 0 Å². The molecular formula is C15H15BrN2OS. The van der Waals surface area contributed by atoms with Gasteiger partial charge in [0, 0.05) is 17.1 Å². The van der Waals surface area contributed by atoms with Gasteiger partial charge in [-0.05, 0) is 46.6 Å². The Kier molecular flexibility index (Phi) is 3.92. The van der Waals surface area contributed by atoms with Crippen LogP contribution in [-0.2, 0) is 17.9 Å². The van der Waals surface area contributed by atoms with Gasteiger partial charge >= 0.3 is 0 Å². The summed E-state index contributed by atoms with van der Waals surface area (Å²) in [5, 5.41) is 3.27. The number of benzene rings is 1. The van der Waals surface area contributed by atoms with Crippen molar-refractivity contribution in [3.05, 3.63) is 50.6 Å². The van der Waals surface area contributed by atoms with E-state index in [1.165, 1.54) is 10.4 Å². The summed E-state index contributed by atoms with van der Waals surface area (Å²) in [6.45, 7) is 3.28. The molecule has 0 saturated heterocycles. The monoisotopic (exact) mass is 350 g/mol. The number of carbonyl (C=O) groups excluding carboxylic acids is 1. The Morgan fingerprint density at radius 3 is 2.90 bits per heavy atom. The fraction of sp³-hybridized carbons (Fsp3) is 0.267. The molecule has 5 heteroatoms. The van der Waals surface area contributed by atoms with Crippen LogP contribution >= 0.6 is 27.3 Å². The van der Waals surface area contributed by atoms with Crippen molar-refractivity contribution in [3.63, 3.8) is 0 Å². The predicted octanol–water partition coefficient (Wildman–Crippen LogP) is 3.54. The molecule has 1 aromatic heterocycles. The topological polar surface area (TPSA) is 32.3 Å². The Balaban J connectivity index is 1.98. The number of thiophene rings is 1. The lowest BCUT2D eigenvalue weighted by Crippen LogP contribution is -2.41. The number of para-hydroxylation sites is 1. The van der Waals surface area contributed by atoms with Gasteiger partial charge in [0.2, 0.25) is 5.91 Å². The fourth-order valence-electron chi connectivity index (χ4n) is 2.38. The SMILES string of the molecule is CC1NCc2ccccc2N(Cc2ccc(Br)s2)C1=O. The molecule has 1 aliphatic heterocycles. The van der Waals surface area contributed by atoms with Crippen LogP contribution in [0.25, 0.3) is 0 Å². The zero-order valence-corrected chi connectivity index (χ0v) is 13.5. The molecule has 3 nitrogen and oxygen atoms in total. The first-order chi connectivity index (χ1) is 9.65. The summed E-state index contributed by atoms with van der Waals surface area (Å²) in [4.78, 5) is 15.6. The van der Waals surface area contributed by atoms with E-state index in [0.717, 1.165) is 16.0 Å². The number of nitrogens with one attached hydrogen (secondary N) is 1. The smallest absolute Gasteiger partial charge is 0.244 e. The molecule has 1 aromatic carbocycles. The van der Waals surface area contributed by atoms with Crippen LogP contribution in [0.5, 0.6) is 0 Å². The van der Waals surface area contributed by atoms with Crippen LogP contribution in [0.2, 0.25) is 0 Å². The Bertz CT molecular complexity index is 640. The van der Waals surface area contributed by atoms with E-state index in [0.29, 0.717) is 6.54 Å². The third kappa shape index (κ3) is 2.66. The van der Waals surface area contributed by atoms with Crippen LogP contribution < -0.4 is 10.2 Å². The molecule has 1 amide bonds. The highest BCUT2D eigenvalue weighted by molar-refractivity contribution is 9.11. The molecule has 1 aliphatic rings. The predicted molar refractivity (Wildman–Crippen MR) is 86.0 cm³/mol. The number of halogens is 1. The number of hydrogen-bond donors (Lipinski definition) is 1. The van der Waals surface area contributed by atoms with Crippen LogP contribution in [-0.4, -0.2) is 11.9 Å². The maximum absolute atomic E-state index is 12.6. The van der Waals surface area contributed by atoms with Gasteiger partial charge in [0.05, 0.1) is 16.4 Å². The number of carbonyl (C=O) groups is 1. The summed E-state index contributed by atoms with van der Waals surface area (Å²) in [6, 6.07) is 12.0. The number of anilines is 1. The normalized spacial score (nSPS) is 18.8. The molecule has 0 fully saturated rings. The Labute approximate surface area is 130 Å². The maximum atomic E-state index is 12.6. The largest absolute Gasteiger partial charge is 0.306 e. The van der Waals surface area contributed by atoms with E-state index in [9.17, 15) is 4.79 Å². The van der Waals surface area contributed by atoms with Gasteiger partial charge in [-0.2, -0.15) is 0 Å². The van der Waals surface area contributed by atoms with Gasteiger partial charge in [0.15, 0.2) is 0 Å². The summed E-state index contributed by atoms with van der Waals surface area (Å²) < 4.78 is 1.09. The molecule has 0 aliphatic carbocycles. The van der Waals surface area contributed by atoms with Crippen molar-refractivity contribution in [2.75, 3.05) is 4.90 Å². The zero-order chi connectivity index (χ0) is 14.1. The molecule has 20 heavy (non-hydrogen) atoms. The second kappa shape index (κ2) is 5.68. The van der Waals surface area contributed by atoms with Gasteiger partial charge in [0.1, 0.15) is 0 Å². The number of nitrogens with zero attached hydrogens (tertiary/aromatic N) is 1. The van der Waals surface area contributed by atoms with Gasteiger partial charge in [0.25, 0.3) is 0 Å². The van der Waals surface area contributed by atoms with Crippen LogP contribution in [0.15, 0.2) is 40.2 Å². The summed E-state index contributed by atoms with van der Waals surface area (Å²) in [5.41, 5.74) is 2.18. The van der Waals surface area contributed by atoms with Crippen LogP contribution in [0.3, 0.4) is 0 Å². The van der Waals surface area contributed by atoms with Crippen molar-refractivity contribution in [3.8, 4) is 0 Å². The summed E-state index contributed by atoms with van der Waals surface area (Å²) in [5.74, 6) is 0.125. The molecule has 0 bridgehead atoms. The van der Waals surface area contributed by atoms with E-state index in [-0.39, 0.29) is 11.9 Å². The average Bonchev–Trinajstić information content (AvgIpc) is 2.82. The summed E-state index contributed by atoms with van der Waals surface area (Å²) in [7, 11) is 0. The lowest BCUT2D eigenvalue weighted by Gasteiger charge is -2.23. The third-order valence-corrected chi connectivity index (χ3v) is 5.07. The Hall–Kier alpha value is -1.17. The summed E-state index contributed by atoms with van der Waals surface area (Å²) in [6.07, 6.45) is 0. The molecule has 0 spiro atoms. The van der Waals surface area contributed by atoms with Gasteiger partial charge < -0.3 is 10.2 Å². The molecule has 1 unspecified atom stereocenters. The molecule has 0 saturated carbocycles. The van der Waals surface area contributed by atoms with Crippen molar-refractivity contribution in [1.29, 1.82) is 0 Å². The molecule has 0 radical (unpaired) electrons. The van der Waals surface area contributed by atoms with E-state index in [2.05, 4.69) is 33.4 Å². The van der Waals surface area contributed by atoms with Gasteiger partial charge in [-0.1, -0.05) is 18.2 Å². The Morgan fingerprint density at radius 1 is 1.35 bits per heavy atom. The molecule has 2 heterocycles. The lowest BCUT2D eigenvalue weighted by atomic mass is 10.1. The second-order valence-electron chi connectivity index (χ2n) is 4.86. The molecule has 2 aromatic rings. The van der Waals surface area contributed by atoms with Crippen molar-refractivity contribution < 1.29 is 4.79 Å². The van der Waals surface area contributed by atoms with Crippen LogP contribution in [0, 0.1) is 0 Å². The second-order valence-corrected chi connectivity index (χ2v) is 7.41. The molecule has 104 valence electrons. The minimum Gasteiger partial charge on any atom is -0.306 e. The van der Waals surface area contributed by atoms with Gasteiger partial charge in [-0.15, -0.1) is 11.3 Å². The minimum absolute atomic E-state index is 0.125. The first-order valence-electron chi connectivity index (χ1n) is 6.52. The zero-order valence-electron chi connectivity index (χ0n) is 11.1. The van der Waals surface area contributed by atoms with Crippen molar-refractivity contribution in [2.45, 2.75) is 26.1 Å². The van der Waals surface area contributed by atoms with E-state index in [1.807, 2.05) is 36.1 Å². The summed E-state index contributed by atoms with van der Waals surface area (Å²) >= 11 is 5.14. The van der Waals surface area contributed by atoms with Gasteiger partial charge in [-0.3, -0.25) is 4.79 Å². The minimum atomic E-state index is -0.161. The van der Waals surface area contributed by atoms with E-state index in [1.54, 1.807) is 11.3 Å². The van der Waals surface area contributed by atoms with E-state index >= 15 is 0 Å². The van der Waals surface area contributed by atoms with Crippen molar-refractivity contribution >= 4 is 38.9 Å². The van der Waals surface area contributed by atoms with E-state index < -0.39 is 0 Å². The number of amides is 1. The lowest BCUT2D eigenvalue weighted by molar-refractivity contribution is -0.120. The Morgan fingerprint density at radius 2 is 2.15 bits per heavy atom. The van der Waals surface area contributed by atoms with Gasteiger partial charge in [-0.25, -0.2) is 0 Å². The van der Waals surface area contributed by atoms with E-state index in [4.69, 9.17) is 0 Å². The van der Waals surface area contributed by atoms with Crippen molar-refractivity contribution in [1.82, 2.24) is 5.32 Å². The molecular weight excluding hydrogens is 336 g/mol. The first-order valence-corrected chi connectivity index (χ1v) is 8.13. The number of rotatable bonds is 2. The average molecular weight is 351 g/mol. The first kappa shape index (κ1) is 13.8. The highest BCUT2D eigenvalue weighted by Gasteiger charge is 2.27. The highest BCUT2D eigenvalue weighted by atomic mass is 79.9. The number of hydrogen-bond acceptors (Lipinski definition) is 3. The molecule has 1 atom stereocenters. The molecule has 3 rings (SSSR count). The standard InChI is InChI=1S/C15H15BrN2OS/c1-10-15(19)18(9-12-6-7-14(16)20-12)13-5-3-2-4-11(13)8-17-10/h2-7,10,17H,8-9H2,1H3. The molecule has 1 N–H and O–H groups in total. The fourth-order valence-corrected chi connectivity index (χ4v) is 3.85. The maximum Gasteiger partial charge on any atom is 0.244 e. The third-order valence-electron chi connectivity index (χ3n) is 3.46.